The van der Waals surface area contributed by atoms with E-state index in [9.17, 15) is 10.1 Å². The average molecular weight is 315 g/mol. The molecular weight excluding hydrogens is 298 g/mol. The lowest BCUT2D eigenvalue weighted by Crippen LogP contribution is -2.21. The molecule has 3 rings (SSSR count). The van der Waals surface area contributed by atoms with Crippen LogP contribution in [0.15, 0.2) is 30.6 Å². The summed E-state index contributed by atoms with van der Waals surface area (Å²) in [5.41, 5.74) is 0.602. The molecule has 1 fully saturated rings. The van der Waals surface area contributed by atoms with Crippen LogP contribution in [0.25, 0.3) is 0 Å². The van der Waals surface area contributed by atoms with Gasteiger partial charge in [-0.25, -0.2) is 9.97 Å². The third-order valence-electron chi connectivity index (χ3n) is 3.74. The molecule has 23 heavy (non-hydrogen) atoms. The number of hydrogen-bond donors (Lipinski definition) is 1. The van der Waals surface area contributed by atoms with Gasteiger partial charge in [-0.05, 0) is 37.1 Å². The molecule has 0 spiro atoms. The van der Waals surface area contributed by atoms with Crippen molar-refractivity contribution in [1.29, 1.82) is 0 Å². The van der Waals surface area contributed by atoms with Crippen molar-refractivity contribution in [2.75, 3.05) is 30.4 Å². The van der Waals surface area contributed by atoms with Gasteiger partial charge < -0.3 is 15.0 Å². The van der Waals surface area contributed by atoms with Crippen molar-refractivity contribution < 1.29 is 9.66 Å². The first-order valence-corrected chi connectivity index (χ1v) is 7.34. The van der Waals surface area contributed by atoms with Gasteiger partial charge in [0, 0.05) is 18.8 Å². The van der Waals surface area contributed by atoms with E-state index in [0.717, 1.165) is 25.9 Å². The average Bonchev–Trinajstić information content (AvgIpc) is 3.09. The van der Waals surface area contributed by atoms with Gasteiger partial charge >= 0.3 is 5.69 Å². The summed E-state index contributed by atoms with van der Waals surface area (Å²) < 4.78 is 5.10. The van der Waals surface area contributed by atoms with Crippen LogP contribution in [-0.2, 0) is 0 Å². The van der Waals surface area contributed by atoms with Gasteiger partial charge in [0.1, 0.15) is 12.1 Å². The van der Waals surface area contributed by atoms with E-state index in [-0.39, 0.29) is 11.5 Å². The number of nitro groups is 1. The molecule has 8 heteroatoms. The molecule has 1 N–H and O–H groups in total. The van der Waals surface area contributed by atoms with Gasteiger partial charge in [0.05, 0.1) is 12.0 Å². The second-order valence-corrected chi connectivity index (χ2v) is 5.20. The van der Waals surface area contributed by atoms with E-state index < -0.39 is 4.92 Å². The molecule has 0 bridgehead atoms. The lowest BCUT2D eigenvalue weighted by atomic mass is 10.3. The molecular formula is C15H17N5O3. The van der Waals surface area contributed by atoms with Crippen molar-refractivity contribution >= 4 is 23.0 Å². The molecule has 0 amide bonds. The van der Waals surface area contributed by atoms with Crippen molar-refractivity contribution in [2.45, 2.75) is 12.8 Å². The summed E-state index contributed by atoms with van der Waals surface area (Å²) in [5.74, 6) is 1.28. The number of nitrogens with zero attached hydrogens (tertiary/aromatic N) is 4. The summed E-state index contributed by atoms with van der Waals surface area (Å²) in [7, 11) is 1.58. The summed E-state index contributed by atoms with van der Waals surface area (Å²) in [6.07, 6.45) is 3.39. The minimum atomic E-state index is -0.431. The summed E-state index contributed by atoms with van der Waals surface area (Å²) >= 11 is 0. The molecule has 0 unspecified atom stereocenters. The van der Waals surface area contributed by atoms with Crippen LogP contribution < -0.4 is 15.0 Å². The highest BCUT2D eigenvalue weighted by Gasteiger charge is 2.28. The van der Waals surface area contributed by atoms with Crippen LogP contribution in [0.5, 0.6) is 5.75 Å². The minimum Gasteiger partial charge on any atom is -0.497 e. The Kier molecular flexibility index (Phi) is 4.22. The predicted molar refractivity (Wildman–Crippen MR) is 86.4 cm³/mol. The lowest BCUT2D eigenvalue weighted by molar-refractivity contribution is -0.383. The highest BCUT2D eigenvalue weighted by atomic mass is 16.6. The molecule has 8 nitrogen and oxygen atoms in total. The number of rotatable bonds is 5. The first kappa shape index (κ1) is 15.0. The number of benzene rings is 1. The van der Waals surface area contributed by atoms with Gasteiger partial charge in [0.2, 0.25) is 11.6 Å². The third kappa shape index (κ3) is 3.15. The molecule has 1 aromatic heterocycles. The second kappa shape index (κ2) is 6.47. The lowest BCUT2D eigenvalue weighted by Gasteiger charge is -2.17. The quantitative estimate of drug-likeness (QED) is 0.669. The second-order valence-electron chi connectivity index (χ2n) is 5.20. The zero-order valence-electron chi connectivity index (χ0n) is 12.7. The maximum absolute atomic E-state index is 11.5. The number of nitrogens with one attached hydrogen (secondary N) is 1. The van der Waals surface area contributed by atoms with Crippen LogP contribution in [0.3, 0.4) is 0 Å². The molecule has 2 heterocycles. The van der Waals surface area contributed by atoms with Crippen molar-refractivity contribution in [3.05, 3.63) is 40.7 Å². The van der Waals surface area contributed by atoms with Gasteiger partial charge in [-0.3, -0.25) is 10.1 Å². The van der Waals surface area contributed by atoms with Crippen molar-refractivity contribution in [3.63, 3.8) is 0 Å². The largest absolute Gasteiger partial charge is 0.497 e. The Morgan fingerprint density at radius 1 is 1.22 bits per heavy atom. The van der Waals surface area contributed by atoms with Crippen LogP contribution in [0.1, 0.15) is 12.8 Å². The van der Waals surface area contributed by atoms with Gasteiger partial charge in [-0.1, -0.05) is 0 Å². The van der Waals surface area contributed by atoms with Crippen LogP contribution in [0.4, 0.5) is 23.0 Å². The molecule has 0 radical (unpaired) electrons. The Hall–Kier alpha value is -2.90. The van der Waals surface area contributed by atoms with Crippen LogP contribution >= 0.6 is 0 Å². The van der Waals surface area contributed by atoms with Gasteiger partial charge in [-0.2, -0.15) is 0 Å². The molecule has 1 aromatic carbocycles. The zero-order chi connectivity index (χ0) is 16.2. The Morgan fingerprint density at radius 2 is 1.91 bits per heavy atom. The fraction of sp³-hybridized carbons (Fsp3) is 0.333. The zero-order valence-corrected chi connectivity index (χ0v) is 12.7. The molecule has 2 aromatic rings. The van der Waals surface area contributed by atoms with E-state index in [4.69, 9.17) is 4.74 Å². The first-order chi connectivity index (χ1) is 11.2. The maximum atomic E-state index is 11.5. The number of methoxy groups -OCH3 is 1. The van der Waals surface area contributed by atoms with Crippen LogP contribution in [-0.4, -0.2) is 35.1 Å². The number of hydrogen-bond acceptors (Lipinski definition) is 7. The van der Waals surface area contributed by atoms with E-state index in [1.165, 1.54) is 6.33 Å². The van der Waals surface area contributed by atoms with E-state index in [1.807, 2.05) is 4.90 Å². The van der Waals surface area contributed by atoms with E-state index in [1.54, 1.807) is 31.4 Å². The summed E-state index contributed by atoms with van der Waals surface area (Å²) in [6.45, 7) is 1.56. The topological polar surface area (TPSA) is 93.4 Å². The Balaban J connectivity index is 1.94. The van der Waals surface area contributed by atoms with E-state index in [2.05, 4.69) is 15.3 Å². The standard InChI is InChI=1S/C15H17N5O3/c1-23-12-6-4-11(5-7-12)18-14-13(20(21)22)15(17-10-16-14)19-8-2-3-9-19/h4-7,10H,2-3,8-9H2,1H3,(H,16,17,18). The number of anilines is 3. The molecule has 120 valence electrons. The Labute approximate surface area is 133 Å². The fourth-order valence-corrected chi connectivity index (χ4v) is 2.60. The fourth-order valence-electron chi connectivity index (χ4n) is 2.60. The highest BCUT2D eigenvalue weighted by molar-refractivity contribution is 5.74. The Bertz CT molecular complexity index is 699. The van der Waals surface area contributed by atoms with Crippen molar-refractivity contribution in [2.24, 2.45) is 0 Å². The summed E-state index contributed by atoms with van der Waals surface area (Å²) in [6, 6.07) is 7.11. The predicted octanol–water partition coefficient (Wildman–Crippen LogP) is 2.74. The Morgan fingerprint density at radius 3 is 2.52 bits per heavy atom. The van der Waals surface area contributed by atoms with Gasteiger partial charge in [0.15, 0.2) is 0 Å². The normalized spacial score (nSPS) is 13.9. The SMILES string of the molecule is COc1ccc(Nc2ncnc(N3CCCC3)c2[N+](=O)[O-])cc1. The van der Waals surface area contributed by atoms with E-state index in [0.29, 0.717) is 17.3 Å². The van der Waals surface area contributed by atoms with Crippen LogP contribution in [0.2, 0.25) is 0 Å². The first-order valence-electron chi connectivity index (χ1n) is 7.34. The molecule has 0 aliphatic carbocycles. The number of aromatic nitrogens is 2. The maximum Gasteiger partial charge on any atom is 0.353 e. The van der Waals surface area contributed by atoms with Gasteiger partial charge in [0.25, 0.3) is 0 Å². The van der Waals surface area contributed by atoms with Crippen molar-refractivity contribution in [1.82, 2.24) is 9.97 Å². The summed E-state index contributed by atoms with van der Waals surface area (Å²) in [5, 5.41) is 14.5. The molecule has 1 aliphatic heterocycles. The number of ether oxygens (including phenoxy) is 1. The molecule has 1 aliphatic rings. The minimum absolute atomic E-state index is 0.0924. The third-order valence-corrected chi connectivity index (χ3v) is 3.74. The summed E-state index contributed by atoms with van der Waals surface area (Å²) in [4.78, 5) is 21.2. The van der Waals surface area contributed by atoms with Gasteiger partial charge in [-0.15, -0.1) is 0 Å². The smallest absolute Gasteiger partial charge is 0.353 e. The highest BCUT2D eigenvalue weighted by Crippen LogP contribution is 2.35. The molecule has 0 saturated carbocycles. The van der Waals surface area contributed by atoms with E-state index >= 15 is 0 Å². The van der Waals surface area contributed by atoms with Crippen molar-refractivity contribution in [3.8, 4) is 5.75 Å². The monoisotopic (exact) mass is 315 g/mol. The molecule has 1 saturated heterocycles. The molecule has 0 atom stereocenters. The van der Waals surface area contributed by atoms with Crippen LogP contribution in [0, 0.1) is 10.1 Å².